The van der Waals surface area contributed by atoms with Crippen molar-refractivity contribution in [1.29, 1.82) is 0 Å². The molecule has 1 heterocycles. The Morgan fingerprint density at radius 1 is 1.55 bits per heavy atom. The third kappa shape index (κ3) is 1.84. The predicted octanol–water partition coefficient (Wildman–Crippen LogP) is -0.543. The molecular weight excluding hydrogens is 144 g/mol. The van der Waals surface area contributed by atoms with Crippen LogP contribution in [0.5, 0.6) is 0 Å². The zero-order valence-electron chi connectivity index (χ0n) is 6.88. The molecule has 5 nitrogen and oxygen atoms in total. The van der Waals surface area contributed by atoms with Crippen LogP contribution < -0.4 is 10.9 Å². The molecule has 0 unspecified atom stereocenters. The fraction of sp³-hybridized carbons (Fsp3) is 0.500. The minimum absolute atomic E-state index is 0.673. The summed E-state index contributed by atoms with van der Waals surface area (Å²) in [6.45, 7) is 0. The highest BCUT2D eigenvalue weighted by Gasteiger charge is 2.09. The van der Waals surface area contributed by atoms with Gasteiger partial charge in [-0.1, -0.05) is 0 Å². The Balaban J connectivity index is 2.73. The van der Waals surface area contributed by atoms with E-state index in [1.165, 1.54) is 0 Å². The second-order valence-corrected chi connectivity index (χ2v) is 2.10. The molecule has 1 aliphatic heterocycles. The van der Waals surface area contributed by atoms with Gasteiger partial charge in [0.2, 0.25) is 5.88 Å². The molecule has 0 radical (unpaired) electrons. The van der Waals surface area contributed by atoms with Gasteiger partial charge in [-0.15, -0.1) is 5.12 Å². The van der Waals surface area contributed by atoms with Crippen LogP contribution in [0.4, 0.5) is 0 Å². The maximum Gasteiger partial charge on any atom is 0.206 e. The van der Waals surface area contributed by atoms with E-state index in [2.05, 4.69) is 15.8 Å². The van der Waals surface area contributed by atoms with Crippen molar-refractivity contribution in [2.24, 2.45) is 4.99 Å². The summed E-state index contributed by atoms with van der Waals surface area (Å²) in [5, 5.41) is 1.67. The van der Waals surface area contributed by atoms with Crippen molar-refractivity contribution in [2.75, 3.05) is 21.2 Å². The number of hydrogen-bond donors (Lipinski definition) is 2. The molecule has 1 rings (SSSR count). The number of amidine groups is 1. The van der Waals surface area contributed by atoms with Gasteiger partial charge in [-0.25, -0.2) is 0 Å². The summed E-state index contributed by atoms with van der Waals surface area (Å²) in [6.07, 6.45) is 1.78. The summed E-state index contributed by atoms with van der Waals surface area (Å²) in [5.74, 6) is 1.44. The molecule has 0 aliphatic carbocycles. The van der Waals surface area contributed by atoms with E-state index in [1.807, 2.05) is 7.05 Å². The van der Waals surface area contributed by atoms with Gasteiger partial charge in [-0.05, 0) is 0 Å². The second-order valence-electron chi connectivity index (χ2n) is 2.10. The molecular formula is C6H12N4O. The molecule has 0 bridgehead atoms. The van der Waals surface area contributed by atoms with Crippen LogP contribution in [0, 0.1) is 0 Å². The van der Waals surface area contributed by atoms with Crippen LogP contribution in [-0.4, -0.2) is 32.2 Å². The quantitative estimate of drug-likeness (QED) is 0.535. The average molecular weight is 156 g/mol. The lowest BCUT2D eigenvalue weighted by atomic mass is 10.5. The summed E-state index contributed by atoms with van der Waals surface area (Å²) in [6, 6.07) is 0. The third-order valence-corrected chi connectivity index (χ3v) is 1.29. The van der Waals surface area contributed by atoms with Crippen molar-refractivity contribution in [1.82, 2.24) is 16.0 Å². The molecule has 1 aliphatic rings. The van der Waals surface area contributed by atoms with E-state index in [0.717, 1.165) is 5.84 Å². The summed E-state index contributed by atoms with van der Waals surface area (Å²) in [5.41, 5.74) is 5.86. The molecule has 0 saturated carbocycles. The number of hydrazine groups is 2. The van der Waals surface area contributed by atoms with Gasteiger partial charge in [-0.2, -0.15) is 0 Å². The van der Waals surface area contributed by atoms with Gasteiger partial charge in [0.25, 0.3) is 0 Å². The summed E-state index contributed by atoms with van der Waals surface area (Å²) in [7, 11) is 5.15. The van der Waals surface area contributed by atoms with Gasteiger partial charge in [-0.3, -0.25) is 15.8 Å². The first-order chi connectivity index (χ1) is 5.26. The van der Waals surface area contributed by atoms with E-state index in [0.29, 0.717) is 5.88 Å². The van der Waals surface area contributed by atoms with Crippen LogP contribution in [0.25, 0.3) is 0 Å². The van der Waals surface area contributed by atoms with E-state index in [1.54, 1.807) is 25.4 Å². The lowest BCUT2D eigenvalue weighted by molar-refractivity contribution is 0.136. The second kappa shape index (κ2) is 3.25. The number of aliphatic imine (C=N–C) groups is 1. The van der Waals surface area contributed by atoms with Crippen LogP contribution in [0.15, 0.2) is 17.0 Å². The summed E-state index contributed by atoms with van der Waals surface area (Å²) < 4.78 is 4.98. The van der Waals surface area contributed by atoms with E-state index in [-0.39, 0.29) is 0 Å². The maximum absolute atomic E-state index is 4.98. The normalized spacial score (nSPS) is 22.1. The standard InChI is InChI=1S/C6H12N4O/c1-7-5-4-6(11-3)9-10(2)8-5/h4,9H,1-3H3,(H,7,8). The number of rotatable bonds is 1. The maximum atomic E-state index is 4.98. The Bertz CT molecular complexity index is 199. The highest BCUT2D eigenvalue weighted by Crippen LogP contribution is 1.96. The highest BCUT2D eigenvalue weighted by molar-refractivity contribution is 5.93. The molecule has 0 atom stereocenters. The first-order valence-corrected chi connectivity index (χ1v) is 3.25. The Hall–Kier alpha value is -1.23. The minimum Gasteiger partial charge on any atom is -0.481 e. The van der Waals surface area contributed by atoms with Crippen LogP contribution in [0.3, 0.4) is 0 Å². The van der Waals surface area contributed by atoms with E-state index >= 15 is 0 Å². The first-order valence-electron chi connectivity index (χ1n) is 3.25. The van der Waals surface area contributed by atoms with E-state index in [9.17, 15) is 0 Å². The zero-order valence-corrected chi connectivity index (χ0v) is 6.88. The molecule has 5 heteroatoms. The van der Waals surface area contributed by atoms with Gasteiger partial charge < -0.3 is 4.74 Å². The fourth-order valence-electron chi connectivity index (χ4n) is 0.773. The lowest BCUT2D eigenvalue weighted by Gasteiger charge is -2.26. The number of nitrogens with zero attached hydrogens (tertiary/aromatic N) is 2. The molecule has 0 saturated heterocycles. The lowest BCUT2D eigenvalue weighted by Crippen LogP contribution is -2.51. The van der Waals surface area contributed by atoms with Gasteiger partial charge in [0, 0.05) is 20.2 Å². The smallest absolute Gasteiger partial charge is 0.206 e. The largest absolute Gasteiger partial charge is 0.481 e. The third-order valence-electron chi connectivity index (χ3n) is 1.29. The Morgan fingerprint density at radius 3 is 2.82 bits per heavy atom. The average Bonchev–Trinajstić information content (AvgIpc) is 2.03. The highest BCUT2D eigenvalue weighted by atomic mass is 16.5. The van der Waals surface area contributed by atoms with Gasteiger partial charge >= 0.3 is 0 Å². The summed E-state index contributed by atoms with van der Waals surface area (Å²) >= 11 is 0. The Morgan fingerprint density at radius 2 is 2.27 bits per heavy atom. The number of ether oxygens (including phenoxy) is 1. The van der Waals surface area contributed by atoms with Crippen LogP contribution in [0.2, 0.25) is 0 Å². The molecule has 0 amide bonds. The van der Waals surface area contributed by atoms with Crippen LogP contribution in [0.1, 0.15) is 0 Å². The van der Waals surface area contributed by atoms with Crippen molar-refractivity contribution in [3.63, 3.8) is 0 Å². The Labute approximate surface area is 65.7 Å². The monoisotopic (exact) mass is 156 g/mol. The molecule has 11 heavy (non-hydrogen) atoms. The molecule has 62 valence electrons. The SMILES string of the molecule is CN=C1C=C(OC)NN(C)N1. The van der Waals surface area contributed by atoms with Crippen molar-refractivity contribution < 1.29 is 4.74 Å². The topological polar surface area (TPSA) is 48.9 Å². The van der Waals surface area contributed by atoms with Crippen molar-refractivity contribution in [3.05, 3.63) is 12.0 Å². The van der Waals surface area contributed by atoms with Crippen molar-refractivity contribution in [2.45, 2.75) is 0 Å². The van der Waals surface area contributed by atoms with Gasteiger partial charge in [0.05, 0.1) is 7.11 Å². The van der Waals surface area contributed by atoms with Crippen molar-refractivity contribution >= 4 is 5.84 Å². The number of hydrogen-bond acceptors (Lipinski definition) is 4. The van der Waals surface area contributed by atoms with Crippen molar-refractivity contribution in [3.8, 4) is 0 Å². The minimum atomic E-state index is 0.673. The fourth-order valence-corrected chi connectivity index (χ4v) is 0.773. The zero-order chi connectivity index (χ0) is 8.27. The molecule has 0 aromatic carbocycles. The van der Waals surface area contributed by atoms with Crippen LogP contribution in [-0.2, 0) is 4.74 Å². The van der Waals surface area contributed by atoms with Gasteiger partial charge in [0.1, 0.15) is 5.84 Å². The first kappa shape index (κ1) is 7.87. The Kier molecular flexibility index (Phi) is 2.32. The molecule has 0 aromatic heterocycles. The molecule has 2 N–H and O–H groups in total. The van der Waals surface area contributed by atoms with E-state index < -0.39 is 0 Å². The van der Waals surface area contributed by atoms with E-state index in [4.69, 9.17) is 4.74 Å². The molecule has 0 aromatic rings. The summed E-state index contributed by atoms with van der Waals surface area (Å²) in [4.78, 5) is 3.96. The van der Waals surface area contributed by atoms with Gasteiger partial charge in [0.15, 0.2) is 0 Å². The number of nitrogens with one attached hydrogen (secondary N) is 2. The van der Waals surface area contributed by atoms with Crippen LogP contribution >= 0.6 is 0 Å². The number of methoxy groups -OCH3 is 1. The molecule has 0 fully saturated rings. The predicted molar refractivity (Wildman–Crippen MR) is 42.5 cm³/mol. The molecule has 0 spiro atoms.